The standard InChI is InChI=1S/C45H28N2/c1-2-12-29(13-3-1)30-22-24-31(25-23-30)43-34-15-4-6-17-36(34)44(37-18-7-5-16-35(37)43)32-26-27-38-39(28-32)33-14-8-10-20-41(33)47-42-21-11-9-19-40(42)46-45(38)47/h1-28H. The van der Waals surface area contributed by atoms with Gasteiger partial charge in [0.1, 0.15) is 5.65 Å². The molecule has 47 heavy (non-hydrogen) atoms. The van der Waals surface area contributed by atoms with Crippen LogP contribution in [0.15, 0.2) is 170 Å². The number of fused-ring (bicyclic) bond motifs is 10. The van der Waals surface area contributed by atoms with Crippen molar-refractivity contribution in [1.82, 2.24) is 9.38 Å². The van der Waals surface area contributed by atoms with Gasteiger partial charge in [-0.3, -0.25) is 4.40 Å². The van der Waals surface area contributed by atoms with E-state index in [4.69, 9.17) is 4.98 Å². The molecule has 0 spiro atoms. The number of imidazole rings is 1. The molecule has 0 saturated carbocycles. The van der Waals surface area contributed by atoms with E-state index in [0.29, 0.717) is 0 Å². The second-order valence-electron chi connectivity index (χ2n) is 12.3. The first-order valence-electron chi connectivity index (χ1n) is 16.1. The van der Waals surface area contributed by atoms with Crippen LogP contribution in [0.25, 0.3) is 93.3 Å². The van der Waals surface area contributed by atoms with Crippen LogP contribution in [0, 0.1) is 0 Å². The predicted molar refractivity (Wildman–Crippen MR) is 199 cm³/mol. The first-order valence-corrected chi connectivity index (χ1v) is 16.1. The molecule has 218 valence electrons. The van der Waals surface area contributed by atoms with E-state index < -0.39 is 0 Å². The number of benzene rings is 8. The molecule has 0 fully saturated rings. The van der Waals surface area contributed by atoms with Gasteiger partial charge in [-0.05, 0) is 90.6 Å². The summed E-state index contributed by atoms with van der Waals surface area (Å²) in [5.74, 6) is 0. The van der Waals surface area contributed by atoms with Crippen LogP contribution in [0.4, 0.5) is 0 Å². The minimum atomic E-state index is 0.996. The summed E-state index contributed by atoms with van der Waals surface area (Å²) in [5.41, 5.74) is 11.7. The van der Waals surface area contributed by atoms with Crippen molar-refractivity contribution in [3.05, 3.63) is 170 Å². The molecule has 8 aromatic carbocycles. The third kappa shape index (κ3) is 3.89. The monoisotopic (exact) mass is 596 g/mol. The summed E-state index contributed by atoms with van der Waals surface area (Å²) >= 11 is 0. The number of aromatic nitrogens is 2. The van der Waals surface area contributed by atoms with Gasteiger partial charge in [0.2, 0.25) is 0 Å². The van der Waals surface area contributed by atoms with Crippen molar-refractivity contribution in [3.8, 4) is 33.4 Å². The molecule has 10 rings (SSSR count). The van der Waals surface area contributed by atoms with E-state index in [2.05, 4.69) is 174 Å². The lowest BCUT2D eigenvalue weighted by Crippen LogP contribution is -1.93. The van der Waals surface area contributed by atoms with Crippen molar-refractivity contribution >= 4 is 59.9 Å². The van der Waals surface area contributed by atoms with Crippen LogP contribution in [-0.2, 0) is 0 Å². The van der Waals surface area contributed by atoms with Crippen molar-refractivity contribution in [3.63, 3.8) is 0 Å². The van der Waals surface area contributed by atoms with Crippen molar-refractivity contribution in [2.24, 2.45) is 0 Å². The normalized spacial score (nSPS) is 11.8. The Bertz CT molecular complexity index is 2770. The third-order valence-corrected chi connectivity index (χ3v) is 9.76. The van der Waals surface area contributed by atoms with Gasteiger partial charge in [0.25, 0.3) is 0 Å². The maximum atomic E-state index is 5.13. The maximum Gasteiger partial charge on any atom is 0.146 e. The van der Waals surface area contributed by atoms with Gasteiger partial charge in [-0.1, -0.05) is 140 Å². The van der Waals surface area contributed by atoms with Gasteiger partial charge in [-0.15, -0.1) is 0 Å². The van der Waals surface area contributed by atoms with Crippen LogP contribution in [-0.4, -0.2) is 9.38 Å². The third-order valence-electron chi connectivity index (χ3n) is 9.76. The highest BCUT2D eigenvalue weighted by molar-refractivity contribution is 6.23. The molecule has 0 aliphatic heterocycles. The zero-order valence-corrected chi connectivity index (χ0v) is 25.6. The van der Waals surface area contributed by atoms with Gasteiger partial charge in [-0.2, -0.15) is 0 Å². The number of pyridine rings is 1. The van der Waals surface area contributed by atoms with Gasteiger partial charge in [-0.25, -0.2) is 4.98 Å². The van der Waals surface area contributed by atoms with Crippen LogP contribution in [0.3, 0.4) is 0 Å². The summed E-state index contributed by atoms with van der Waals surface area (Å²) in [6, 6.07) is 61.5. The lowest BCUT2D eigenvalue weighted by molar-refractivity contribution is 1.31. The Labute approximate surface area is 271 Å². The minimum Gasteiger partial charge on any atom is -0.292 e. The number of hydrogen-bond donors (Lipinski definition) is 0. The molecule has 0 saturated heterocycles. The number of rotatable bonds is 3. The van der Waals surface area contributed by atoms with Crippen LogP contribution in [0.2, 0.25) is 0 Å². The zero-order valence-electron chi connectivity index (χ0n) is 25.6. The molecule has 2 nitrogen and oxygen atoms in total. The average molecular weight is 597 g/mol. The van der Waals surface area contributed by atoms with Gasteiger partial charge in [0.15, 0.2) is 0 Å². The second kappa shape index (κ2) is 10.1. The molecule has 0 radical (unpaired) electrons. The number of hydrogen-bond acceptors (Lipinski definition) is 1. The molecule has 2 heterocycles. The van der Waals surface area contributed by atoms with Crippen LogP contribution >= 0.6 is 0 Å². The first-order chi connectivity index (χ1) is 23.3. The summed E-state index contributed by atoms with van der Waals surface area (Å²) < 4.78 is 2.31. The SMILES string of the molecule is c1ccc(-c2ccc(-c3c4ccccc4c(-c4ccc5c(c4)c4ccccc4n4c6ccccc6nc54)c4ccccc34)cc2)cc1. The number of para-hydroxylation sites is 3. The molecule has 0 unspecified atom stereocenters. The summed E-state index contributed by atoms with van der Waals surface area (Å²) in [4.78, 5) is 5.13. The van der Waals surface area contributed by atoms with Crippen molar-refractivity contribution in [2.45, 2.75) is 0 Å². The van der Waals surface area contributed by atoms with E-state index in [0.717, 1.165) is 22.1 Å². The first kappa shape index (κ1) is 26.0. The Hall–Kier alpha value is -6.25. The van der Waals surface area contributed by atoms with Gasteiger partial charge >= 0.3 is 0 Å². The average Bonchev–Trinajstić information content (AvgIpc) is 3.54. The van der Waals surface area contributed by atoms with E-state index in [1.54, 1.807) is 0 Å². The lowest BCUT2D eigenvalue weighted by atomic mass is 9.85. The zero-order chi connectivity index (χ0) is 30.9. The molecule has 10 aromatic rings. The van der Waals surface area contributed by atoms with E-state index in [9.17, 15) is 0 Å². The Kier molecular flexibility index (Phi) is 5.61. The minimum absolute atomic E-state index is 0.996. The molecular weight excluding hydrogens is 569 g/mol. The van der Waals surface area contributed by atoms with Gasteiger partial charge in [0, 0.05) is 10.8 Å². The van der Waals surface area contributed by atoms with E-state index in [1.165, 1.54) is 71.2 Å². The fraction of sp³-hybridized carbons (Fsp3) is 0. The fourth-order valence-electron chi connectivity index (χ4n) is 7.67. The van der Waals surface area contributed by atoms with Gasteiger partial charge < -0.3 is 0 Å². The predicted octanol–water partition coefficient (Wildman–Crippen LogP) is 12.1. The van der Waals surface area contributed by atoms with Crippen molar-refractivity contribution in [1.29, 1.82) is 0 Å². The van der Waals surface area contributed by atoms with Crippen molar-refractivity contribution in [2.75, 3.05) is 0 Å². The van der Waals surface area contributed by atoms with Crippen LogP contribution in [0.5, 0.6) is 0 Å². The quantitative estimate of drug-likeness (QED) is 0.146. The smallest absolute Gasteiger partial charge is 0.146 e. The molecular formula is C45H28N2. The van der Waals surface area contributed by atoms with Crippen LogP contribution < -0.4 is 0 Å². The van der Waals surface area contributed by atoms with Crippen molar-refractivity contribution < 1.29 is 0 Å². The van der Waals surface area contributed by atoms with E-state index in [1.807, 2.05) is 0 Å². The Balaban J connectivity index is 1.25. The topological polar surface area (TPSA) is 17.3 Å². The second-order valence-corrected chi connectivity index (χ2v) is 12.3. The summed E-state index contributed by atoms with van der Waals surface area (Å²) in [6.45, 7) is 0. The largest absolute Gasteiger partial charge is 0.292 e. The maximum absolute atomic E-state index is 5.13. The highest BCUT2D eigenvalue weighted by Gasteiger charge is 2.19. The molecule has 0 amide bonds. The fourth-order valence-corrected chi connectivity index (χ4v) is 7.67. The molecule has 2 aromatic heterocycles. The summed E-state index contributed by atoms with van der Waals surface area (Å²) in [5, 5.41) is 8.63. The van der Waals surface area contributed by atoms with E-state index >= 15 is 0 Å². The summed E-state index contributed by atoms with van der Waals surface area (Å²) in [7, 11) is 0. The Morgan fingerprint density at radius 3 is 1.49 bits per heavy atom. The van der Waals surface area contributed by atoms with Crippen LogP contribution in [0.1, 0.15) is 0 Å². The molecule has 2 heteroatoms. The van der Waals surface area contributed by atoms with E-state index in [-0.39, 0.29) is 0 Å². The Morgan fingerprint density at radius 1 is 0.319 bits per heavy atom. The molecule has 0 aliphatic carbocycles. The Morgan fingerprint density at radius 2 is 0.809 bits per heavy atom. The van der Waals surface area contributed by atoms with Gasteiger partial charge in [0.05, 0.1) is 16.6 Å². The summed E-state index contributed by atoms with van der Waals surface area (Å²) in [6.07, 6.45) is 0. The number of nitrogens with zero attached hydrogens (tertiary/aromatic N) is 2. The highest BCUT2D eigenvalue weighted by atomic mass is 15.0. The lowest BCUT2D eigenvalue weighted by Gasteiger charge is -2.18. The molecule has 0 bridgehead atoms. The molecule has 0 aliphatic rings. The highest BCUT2D eigenvalue weighted by Crippen LogP contribution is 2.45. The molecule has 0 atom stereocenters. The molecule has 0 N–H and O–H groups in total.